The fourth-order valence-corrected chi connectivity index (χ4v) is 3.54. The van der Waals surface area contributed by atoms with Crippen molar-refractivity contribution >= 4 is 11.6 Å². The van der Waals surface area contributed by atoms with Crippen LogP contribution in [0.5, 0.6) is 0 Å². The second-order valence-corrected chi connectivity index (χ2v) is 6.83. The van der Waals surface area contributed by atoms with Crippen LogP contribution < -0.4 is 5.32 Å². The number of nitrogens with one attached hydrogen (secondary N) is 1. The van der Waals surface area contributed by atoms with Crippen molar-refractivity contribution in [3.05, 3.63) is 75.7 Å². The van der Waals surface area contributed by atoms with Crippen molar-refractivity contribution in [3.63, 3.8) is 0 Å². The highest BCUT2D eigenvalue weighted by Gasteiger charge is 2.32. The summed E-state index contributed by atoms with van der Waals surface area (Å²) in [4.78, 5) is 29.3. The lowest BCUT2D eigenvalue weighted by molar-refractivity contribution is -0.384. The number of carbonyl (C=O) groups excluding carboxylic acids is 1. The van der Waals surface area contributed by atoms with E-state index < -0.39 is 4.92 Å². The van der Waals surface area contributed by atoms with Crippen LogP contribution in [0.2, 0.25) is 0 Å². The number of benzene rings is 2. The zero-order chi connectivity index (χ0) is 20.4. The van der Waals surface area contributed by atoms with E-state index in [9.17, 15) is 14.9 Å². The second kappa shape index (κ2) is 7.80. The van der Waals surface area contributed by atoms with Gasteiger partial charge in [-0.15, -0.1) is 0 Å². The van der Waals surface area contributed by atoms with E-state index in [0.29, 0.717) is 31.0 Å². The highest BCUT2D eigenvalue weighted by atomic mass is 16.6. The molecule has 0 bridgehead atoms. The summed E-state index contributed by atoms with van der Waals surface area (Å²) in [6.45, 7) is 0.886. The zero-order valence-corrected chi connectivity index (χ0v) is 15.7. The molecule has 1 amide bonds. The van der Waals surface area contributed by atoms with Crippen LogP contribution in [0.15, 0.2) is 53.1 Å². The number of fused-ring (bicyclic) bond motifs is 1. The van der Waals surface area contributed by atoms with Crippen LogP contribution in [0.4, 0.5) is 5.69 Å². The third kappa shape index (κ3) is 3.85. The Labute approximate surface area is 166 Å². The van der Waals surface area contributed by atoms with Crippen LogP contribution in [0, 0.1) is 10.1 Å². The van der Waals surface area contributed by atoms with E-state index in [0.717, 1.165) is 11.1 Å². The maximum Gasteiger partial charge on any atom is 0.270 e. The highest BCUT2D eigenvalue weighted by Crippen LogP contribution is 2.26. The molecular formula is C20H19N5O4. The van der Waals surface area contributed by atoms with Gasteiger partial charge in [-0.25, -0.2) is 0 Å². The van der Waals surface area contributed by atoms with E-state index in [4.69, 9.17) is 4.52 Å². The topological polar surface area (TPSA) is 114 Å². The first kappa shape index (κ1) is 18.8. The molecule has 3 aromatic rings. The van der Waals surface area contributed by atoms with Gasteiger partial charge in [0.05, 0.1) is 17.5 Å². The molecule has 0 saturated heterocycles. The van der Waals surface area contributed by atoms with Crippen molar-refractivity contribution in [3.8, 4) is 11.4 Å². The Bertz CT molecular complexity index is 1060. The molecule has 0 aliphatic carbocycles. The van der Waals surface area contributed by atoms with Crippen molar-refractivity contribution in [1.82, 2.24) is 20.4 Å². The Kier molecular flexibility index (Phi) is 5.05. The van der Waals surface area contributed by atoms with Crippen LogP contribution in [-0.2, 0) is 24.3 Å². The maximum absolute atomic E-state index is 12.4. The third-order valence-corrected chi connectivity index (χ3v) is 5.02. The van der Waals surface area contributed by atoms with Crippen molar-refractivity contribution in [1.29, 1.82) is 0 Å². The van der Waals surface area contributed by atoms with Crippen LogP contribution >= 0.6 is 0 Å². The van der Waals surface area contributed by atoms with Gasteiger partial charge in [-0.2, -0.15) is 4.98 Å². The Morgan fingerprint density at radius 2 is 2.07 bits per heavy atom. The molecule has 2 aromatic carbocycles. The molecule has 9 nitrogen and oxygen atoms in total. The fraction of sp³-hybridized carbons (Fsp3) is 0.250. The summed E-state index contributed by atoms with van der Waals surface area (Å²) in [7, 11) is 1.62. The summed E-state index contributed by atoms with van der Waals surface area (Å²) in [6.07, 6.45) is 0.599. The van der Waals surface area contributed by atoms with Crippen LogP contribution in [0.3, 0.4) is 0 Å². The highest BCUT2D eigenvalue weighted by molar-refractivity contribution is 5.82. The predicted octanol–water partition coefficient (Wildman–Crippen LogP) is 2.32. The van der Waals surface area contributed by atoms with Crippen molar-refractivity contribution < 1.29 is 14.2 Å². The second-order valence-electron chi connectivity index (χ2n) is 6.83. The van der Waals surface area contributed by atoms with Crippen molar-refractivity contribution in [2.75, 3.05) is 7.05 Å². The molecule has 0 radical (unpaired) electrons. The first-order valence-corrected chi connectivity index (χ1v) is 9.15. The Hall–Kier alpha value is -3.59. The van der Waals surface area contributed by atoms with Gasteiger partial charge in [0, 0.05) is 31.3 Å². The summed E-state index contributed by atoms with van der Waals surface area (Å²) in [5.41, 5.74) is 2.77. The normalized spacial score (nSPS) is 16.2. The molecule has 148 valence electrons. The molecule has 1 aliphatic rings. The summed E-state index contributed by atoms with van der Waals surface area (Å²) in [5.74, 6) is 0.551. The van der Waals surface area contributed by atoms with Crippen LogP contribution in [0.1, 0.15) is 17.0 Å². The summed E-state index contributed by atoms with van der Waals surface area (Å²) < 4.78 is 5.37. The lowest BCUT2D eigenvalue weighted by Gasteiger charge is -2.34. The van der Waals surface area contributed by atoms with Gasteiger partial charge in [0.25, 0.3) is 5.69 Å². The molecular weight excluding hydrogens is 374 g/mol. The minimum absolute atomic E-state index is 0.0406. The molecule has 4 rings (SSSR count). The van der Waals surface area contributed by atoms with Crippen LogP contribution in [-0.4, -0.2) is 39.0 Å². The number of nitrogens with zero attached hydrogens (tertiary/aromatic N) is 4. The number of non-ortho nitro benzene ring substituents is 1. The van der Waals surface area contributed by atoms with Gasteiger partial charge in [0.2, 0.25) is 17.6 Å². The van der Waals surface area contributed by atoms with Gasteiger partial charge in [-0.1, -0.05) is 41.6 Å². The van der Waals surface area contributed by atoms with E-state index in [2.05, 4.69) is 15.5 Å². The number of hydrogen-bond donors (Lipinski definition) is 1. The predicted molar refractivity (Wildman–Crippen MR) is 104 cm³/mol. The monoisotopic (exact) mass is 393 g/mol. The maximum atomic E-state index is 12.4. The molecule has 0 spiro atoms. The average Bonchev–Trinajstić information content (AvgIpc) is 3.21. The molecule has 1 atom stereocenters. The van der Waals surface area contributed by atoms with Gasteiger partial charge in [-0.05, 0) is 17.5 Å². The SMILES string of the molecule is CNC(=O)C1Cc2ccccc2CN1Cc1nc(-c2cccc([N+](=O)[O-])c2)no1. The van der Waals surface area contributed by atoms with Gasteiger partial charge in [-0.3, -0.25) is 19.8 Å². The lowest BCUT2D eigenvalue weighted by atomic mass is 9.93. The van der Waals surface area contributed by atoms with E-state index in [1.54, 1.807) is 19.2 Å². The van der Waals surface area contributed by atoms with E-state index in [1.807, 2.05) is 29.2 Å². The number of aromatic nitrogens is 2. The smallest absolute Gasteiger partial charge is 0.270 e. The molecule has 1 unspecified atom stereocenters. The number of likely N-dealkylation sites (N-methyl/N-ethyl adjacent to an activating group) is 1. The molecule has 1 aliphatic heterocycles. The number of carbonyl (C=O) groups is 1. The van der Waals surface area contributed by atoms with E-state index in [1.165, 1.54) is 12.1 Å². The molecule has 9 heteroatoms. The number of nitro benzene ring substituents is 1. The first-order chi connectivity index (χ1) is 14.0. The average molecular weight is 393 g/mol. The molecule has 1 aromatic heterocycles. The molecule has 2 heterocycles. The number of hydrogen-bond acceptors (Lipinski definition) is 7. The van der Waals surface area contributed by atoms with Gasteiger partial charge in [0.1, 0.15) is 0 Å². The number of rotatable bonds is 5. The third-order valence-electron chi connectivity index (χ3n) is 5.02. The minimum atomic E-state index is -0.469. The summed E-state index contributed by atoms with van der Waals surface area (Å²) >= 11 is 0. The Morgan fingerprint density at radius 1 is 1.28 bits per heavy atom. The van der Waals surface area contributed by atoms with Gasteiger partial charge in [0.15, 0.2) is 0 Å². The van der Waals surface area contributed by atoms with Crippen molar-refractivity contribution in [2.24, 2.45) is 0 Å². The summed E-state index contributed by atoms with van der Waals surface area (Å²) in [6, 6.07) is 13.8. The molecule has 1 N–H and O–H groups in total. The molecule has 0 saturated carbocycles. The quantitative estimate of drug-likeness (QED) is 0.522. The Morgan fingerprint density at radius 3 is 2.83 bits per heavy atom. The van der Waals surface area contributed by atoms with E-state index in [-0.39, 0.29) is 23.5 Å². The number of amides is 1. The first-order valence-electron chi connectivity index (χ1n) is 9.15. The zero-order valence-electron chi connectivity index (χ0n) is 15.7. The van der Waals surface area contributed by atoms with Gasteiger partial charge >= 0.3 is 0 Å². The largest absolute Gasteiger partial charge is 0.358 e. The summed E-state index contributed by atoms with van der Waals surface area (Å²) in [5, 5.41) is 17.6. The standard InChI is InChI=1S/C20H19N5O4/c1-21-20(26)17-10-13-5-2-3-6-15(13)11-24(17)12-18-22-19(23-29-18)14-7-4-8-16(9-14)25(27)28/h2-9,17H,10-12H2,1H3,(H,21,26). The van der Waals surface area contributed by atoms with Crippen molar-refractivity contribution in [2.45, 2.75) is 25.6 Å². The molecule has 29 heavy (non-hydrogen) atoms. The number of nitro groups is 1. The Balaban J connectivity index is 1.57. The lowest BCUT2D eigenvalue weighted by Crippen LogP contribution is -2.49. The minimum Gasteiger partial charge on any atom is -0.358 e. The molecule has 0 fully saturated rings. The van der Waals surface area contributed by atoms with Gasteiger partial charge < -0.3 is 9.84 Å². The van der Waals surface area contributed by atoms with Crippen LogP contribution in [0.25, 0.3) is 11.4 Å². The fourth-order valence-electron chi connectivity index (χ4n) is 3.54. The van der Waals surface area contributed by atoms with E-state index >= 15 is 0 Å².